The zero-order chi connectivity index (χ0) is 14.3. The van der Waals surface area contributed by atoms with E-state index in [9.17, 15) is 0 Å². The lowest BCUT2D eigenvalue weighted by Crippen LogP contribution is -2.34. The first-order chi connectivity index (χ1) is 9.49. The van der Waals surface area contributed by atoms with Gasteiger partial charge in [-0.3, -0.25) is 0 Å². The maximum Gasteiger partial charge on any atom is 0.126 e. The van der Waals surface area contributed by atoms with Crippen LogP contribution >= 0.6 is 0 Å². The summed E-state index contributed by atoms with van der Waals surface area (Å²) in [5.74, 6) is 0.948. The number of aryl methyl sites for hydroxylation is 3. The van der Waals surface area contributed by atoms with Crippen LogP contribution in [0.25, 0.3) is 11.3 Å². The number of aromatic amines is 1. The second-order valence-corrected chi connectivity index (χ2v) is 6.28. The fraction of sp³-hybridized carbons (Fsp3) is 0.471. The van der Waals surface area contributed by atoms with Crippen LogP contribution in [0.5, 0.6) is 0 Å². The number of nitrogens with one attached hydrogen (secondary N) is 1. The number of aromatic nitrogens is 2. The molecule has 3 rings (SSSR count). The fourth-order valence-corrected chi connectivity index (χ4v) is 3.55. The third kappa shape index (κ3) is 2.16. The summed E-state index contributed by atoms with van der Waals surface area (Å²) < 4.78 is 0. The number of hydrogen-bond donors (Lipinski definition) is 2. The molecule has 0 saturated heterocycles. The first-order valence-corrected chi connectivity index (χ1v) is 7.42. The van der Waals surface area contributed by atoms with Gasteiger partial charge in [0.1, 0.15) is 5.82 Å². The van der Waals surface area contributed by atoms with Crippen LogP contribution in [0.4, 0.5) is 0 Å². The van der Waals surface area contributed by atoms with Crippen molar-refractivity contribution in [3.8, 4) is 11.3 Å². The minimum atomic E-state index is -0.245. The average molecular weight is 269 g/mol. The van der Waals surface area contributed by atoms with Crippen molar-refractivity contribution in [2.75, 3.05) is 0 Å². The molecule has 0 atom stereocenters. The van der Waals surface area contributed by atoms with E-state index in [1.807, 2.05) is 6.20 Å². The van der Waals surface area contributed by atoms with Gasteiger partial charge in [-0.05, 0) is 44.7 Å². The summed E-state index contributed by atoms with van der Waals surface area (Å²) in [5, 5.41) is 0. The maximum absolute atomic E-state index is 6.48. The van der Waals surface area contributed by atoms with Gasteiger partial charge in [0.25, 0.3) is 0 Å². The largest absolute Gasteiger partial charge is 0.340 e. The van der Waals surface area contributed by atoms with E-state index in [0.717, 1.165) is 24.4 Å². The fourth-order valence-electron chi connectivity index (χ4n) is 3.55. The van der Waals surface area contributed by atoms with Crippen LogP contribution in [0.2, 0.25) is 0 Å². The van der Waals surface area contributed by atoms with Gasteiger partial charge in [0.05, 0.1) is 17.4 Å². The second-order valence-electron chi connectivity index (χ2n) is 6.28. The molecule has 0 spiro atoms. The van der Waals surface area contributed by atoms with E-state index in [1.54, 1.807) is 0 Å². The summed E-state index contributed by atoms with van der Waals surface area (Å²) in [4.78, 5) is 8.05. The Morgan fingerprint density at radius 1 is 1.10 bits per heavy atom. The van der Waals surface area contributed by atoms with Crippen LogP contribution < -0.4 is 5.73 Å². The lowest BCUT2D eigenvalue weighted by atomic mass is 9.97. The van der Waals surface area contributed by atoms with Crippen molar-refractivity contribution in [3.05, 3.63) is 40.8 Å². The first kappa shape index (κ1) is 13.4. The van der Waals surface area contributed by atoms with Crippen LogP contribution in [-0.2, 0) is 5.54 Å². The van der Waals surface area contributed by atoms with E-state index in [0.29, 0.717) is 0 Å². The summed E-state index contributed by atoms with van der Waals surface area (Å²) in [6.07, 6.45) is 6.41. The van der Waals surface area contributed by atoms with Gasteiger partial charge in [-0.1, -0.05) is 30.5 Å². The van der Waals surface area contributed by atoms with Crippen LogP contribution in [0.15, 0.2) is 18.3 Å². The normalized spacial score (nSPS) is 17.6. The molecule has 3 nitrogen and oxygen atoms in total. The molecule has 0 bridgehead atoms. The molecule has 1 saturated carbocycles. The van der Waals surface area contributed by atoms with Crippen LogP contribution in [0.3, 0.4) is 0 Å². The number of imidazole rings is 1. The maximum atomic E-state index is 6.48. The van der Waals surface area contributed by atoms with Gasteiger partial charge in [-0.25, -0.2) is 4.98 Å². The third-order valence-electron chi connectivity index (χ3n) is 4.49. The Balaban J connectivity index is 2.03. The lowest BCUT2D eigenvalue weighted by molar-refractivity contribution is 0.436. The van der Waals surface area contributed by atoms with E-state index in [4.69, 9.17) is 5.73 Å². The van der Waals surface area contributed by atoms with Crippen molar-refractivity contribution in [1.29, 1.82) is 0 Å². The van der Waals surface area contributed by atoms with Gasteiger partial charge in [0.2, 0.25) is 0 Å². The van der Waals surface area contributed by atoms with E-state index in [1.165, 1.54) is 35.1 Å². The highest BCUT2D eigenvalue weighted by Gasteiger charge is 2.34. The molecule has 3 N–H and O–H groups in total. The van der Waals surface area contributed by atoms with E-state index < -0.39 is 0 Å². The van der Waals surface area contributed by atoms with Gasteiger partial charge in [0.15, 0.2) is 0 Å². The SMILES string of the molecule is Cc1cc(C)c(-c2cnc(C3(N)CCCC3)[nH]2)c(C)c1. The van der Waals surface area contributed by atoms with Crippen molar-refractivity contribution in [1.82, 2.24) is 9.97 Å². The highest BCUT2D eigenvalue weighted by molar-refractivity contribution is 5.67. The molecule has 0 aliphatic heterocycles. The highest BCUT2D eigenvalue weighted by Crippen LogP contribution is 2.36. The zero-order valence-electron chi connectivity index (χ0n) is 12.6. The summed E-state index contributed by atoms with van der Waals surface area (Å²) in [7, 11) is 0. The van der Waals surface area contributed by atoms with Crippen molar-refractivity contribution in [2.24, 2.45) is 5.73 Å². The first-order valence-electron chi connectivity index (χ1n) is 7.42. The molecule has 20 heavy (non-hydrogen) atoms. The predicted octanol–water partition coefficient (Wildman–Crippen LogP) is 3.73. The third-order valence-corrected chi connectivity index (χ3v) is 4.49. The molecule has 1 aliphatic rings. The van der Waals surface area contributed by atoms with E-state index in [2.05, 4.69) is 42.9 Å². The Morgan fingerprint density at radius 2 is 1.70 bits per heavy atom. The zero-order valence-corrected chi connectivity index (χ0v) is 12.6. The Hall–Kier alpha value is -1.61. The monoisotopic (exact) mass is 269 g/mol. The Morgan fingerprint density at radius 3 is 2.30 bits per heavy atom. The van der Waals surface area contributed by atoms with E-state index in [-0.39, 0.29) is 5.54 Å². The molecule has 2 aromatic rings. The van der Waals surface area contributed by atoms with Gasteiger partial charge >= 0.3 is 0 Å². The molecule has 106 valence electrons. The Kier molecular flexibility index (Phi) is 3.17. The topological polar surface area (TPSA) is 54.7 Å². The molecular formula is C17H23N3. The van der Waals surface area contributed by atoms with Gasteiger partial charge in [-0.15, -0.1) is 0 Å². The van der Waals surface area contributed by atoms with Crippen LogP contribution in [-0.4, -0.2) is 9.97 Å². The molecule has 3 heteroatoms. The smallest absolute Gasteiger partial charge is 0.126 e. The summed E-state index contributed by atoms with van der Waals surface area (Å²) >= 11 is 0. The lowest BCUT2D eigenvalue weighted by Gasteiger charge is -2.20. The van der Waals surface area contributed by atoms with Crippen molar-refractivity contribution in [2.45, 2.75) is 52.0 Å². The Bertz CT molecular complexity index is 610. The quantitative estimate of drug-likeness (QED) is 0.872. The standard InChI is InChI=1S/C17H23N3/c1-11-8-12(2)15(13(3)9-11)14-10-19-16(20-14)17(18)6-4-5-7-17/h8-10H,4-7,18H2,1-3H3,(H,19,20). The molecule has 1 heterocycles. The molecule has 1 aliphatic carbocycles. The van der Waals surface area contributed by atoms with Crippen molar-refractivity contribution >= 4 is 0 Å². The molecule has 1 aromatic heterocycles. The van der Waals surface area contributed by atoms with Gasteiger partial charge in [0, 0.05) is 5.56 Å². The number of benzene rings is 1. The summed E-state index contributed by atoms with van der Waals surface area (Å²) in [6.45, 7) is 6.45. The number of nitrogens with zero attached hydrogens (tertiary/aromatic N) is 1. The van der Waals surface area contributed by atoms with Crippen molar-refractivity contribution in [3.63, 3.8) is 0 Å². The summed E-state index contributed by atoms with van der Waals surface area (Å²) in [5.41, 5.74) is 12.5. The number of nitrogens with two attached hydrogens (primary N) is 1. The van der Waals surface area contributed by atoms with Crippen LogP contribution in [0, 0.1) is 20.8 Å². The van der Waals surface area contributed by atoms with Crippen LogP contribution in [0.1, 0.15) is 48.2 Å². The molecule has 1 aromatic carbocycles. The minimum absolute atomic E-state index is 0.245. The average Bonchev–Trinajstić information content (AvgIpc) is 2.98. The Labute approximate surface area is 120 Å². The molecule has 0 unspecified atom stereocenters. The second kappa shape index (κ2) is 4.74. The summed E-state index contributed by atoms with van der Waals surface area (Å²) in [6, 6.07) is 4.44. The number of hydrogen-bond acceptors (Lipinski definition) is 2. The molecule has 1 fully saturated rings. The highest BCUT2D eigenvalue weighted by atomic mass is 15.0. The van der Waals surface area contributed by atoms with Gasteiger partial charge < -0.3 is 10.7 Å². The molecule has 0 amide bonds. The van der Waals surface area contributed by atoms with Gasteiger partial charge in [-0.2, -0.15) is 0 Å². The predicted molar refractivity (Wildman–Crippen MR) is 82.6 cm³/mol. The minimum Gasteiger partial charge on any atom is -0.340 e. The van der Waals surface area contributed by atoms with Crippen molar-refractivity contribution < 1.29 is 0 Å². The molecule has 0 radical (unpaired) electrons. The number of H-pyrrole nitrogens is 1. The van der Waals surface area contributed by atoms with E-state index >= 15 is 0 Å². The number of rotatable bonds is 2. The molecular weight excluding hydrogens is 246 g/mol.